The SMILES string of the molecule is [B]c1ccccc1NS(=O)(=O)c1ccc2c(c1)C(C)(C(F)(F)F)CC(=O)N2. The molecule has 1 aliphatic heterocycles. The van der Waals surface area contributed by atoms with Crippen molar-refractivity contribution in [1.29, 1.82) is 0 Å². The number of anilines is 2. The second-order valence-electron chi connectivity index (χ2n) is 6.45. The zero-order chi connectivity index (χ0) is 20.0. The van der Waals surface area contributed by atoms with Crippen molar-refractivity contribution in [1.82, 2.24) is 0 Å². The zero-order valence-corrected chi connectivity index (χ0v) is 14.9. The summed E-state index contributed by atoms with van der Waals surface area (Å²) >= 11 is 0. The lowest BCUT2D eigenvalue weighted by molar-refractivity contribution is -0.189. The van der Waals surface area contributed by atoms with Gasteiger partial charge in [0.05, 0.1) is 10.3 Å². The molecule has 1 amide bonds. The van der Waals surface area contributed by atoms with Crippen LogP contribution in [0, 0.1) is 0 Å². The number of fused-ring (bicyclic) bond motifs is 1. The number of benzene rings is 2. The van der Waals surface area contributed by atoms with Crippen molar-refractivity contribution in [2.45, 2.75) is 29.8 Å². The molecule has 1 aliphatic rings. The van der Waals surface area contributed by atoms with E-state index in [0.717, 1.165) is 25.1 Å². The molecule has 2 N–H and O–H groups in total. The van der Waals surface area contributed by atoms with E-state index in [0.29, 0.717) is 0 Å². The highest BCUT2D eigenvalue weighted by atomic mass is 32.2. The van der Waals surface area contributed by atoms with Crippen molar-refractivity contribution >= 4 is 40.6 Å². The number of rotatable bonds is 3. The van der Waals surface area contributed by atoms with Crippen LogP contribution in [-0.2, 0) is 20.2 Å². The van der Waals surface area contributed by atoms with E-state index in [4.69, 9.17) is 7.85 Å². The van der Waals surface area contributed by atoms with Gasteiger partial charge in [-0.1, -0.05) is 23.7 Å². The third kappa shape index (κ3) is 3.41. The molecule has 1 unspecified atom stereocenters. The van der Waals surface area contributed by atoms with Crippen LogP contribution < -0.4 is 15.5 Å². The van der Waals surface area contributed by atoms with Crippen LogP contribution in [0.15, 0.2) is 47.4 Å². The van der Waals surface area contributed by atoms with Gasteiger partial charge in [0.2, 0.25) is 5.91 Å². The molecule has 140 valence electrons. The smallest absolute Gasteiger partial charge is 0.326 e. The molecule has 10 heteroatoms. The van der Waals surface area contributed by atoms with Crippen molar-refractivity contribution in [3.8, 4) is 0 Å². The Morgan fingerprint density at radius 1 is 1.19 bits per heavy atom. The Labute approximate surface area is 155 Å². The van der Waals surface area contributed by atoms with Gasteiger partial charge in [-0.25, -0.2) is 8.42 Å². The van der Waals surface area contributed by atoms with Crippen LogP contribution in [0.3, 0.4) is 0 Å². The van der Waals surface area contributed by atoms with Crippen molar-refractivity contribution in [2.24, 2.45) is 0 Å². The molecule has 0 aromatic heterocycles. The maximum atomic E-state index is 13.6. The van der Waals surface area contributed by atoms with E-state index in [2.05, 4.69) is 10.0 Å². The number of sulfonamides is 1. The summed E-state index contributed by atoms with van der Waals surface area (Å²) in [4.78, 5) is 11.3. The predicted molar refractivity (Wildman–Crippen MR) is 95.7 cm³/mol. The molecule has 1 heterocycles. The van der Waals surface area contributed by atoms with Gasteiger partial charge in [-0.05, 0) is 36.8 Å². The predicted octanol–water partition coefficient (Wildman–Crippen LogP) is 2.44. The van der Waals surface area contributed by atoms with Crippen molar-refractivity contribution < 1.29 is 26.4 Å². The van der Waals surface area contributed by atoms with Gasteiger partial charge in [-0.2, -0.15) is 13.2 Å². The lowest BCUT2D eigenvalue weighted by Crippen LogP contribution is -2.46. The number of hydrogen-bond donors (Lipinski definition) is 2. The molecule has 2 aromatic carbocycles. The zero-order valence-electron chi connectivity index (χ0n) is 14.1. The summed E-state index contributed by atoms with van der Waals surface area (Å²) in [5, 5.41) is 2.35. The number of carbonyl (C=O) groups is 1. The number of amides is 1. The van der Waals surface area contributed by atoms with Crippen LogP contribution in [0.2, 0.25) is 0 Å². The fourth-order valence-electron chi connectivity index (χ4n) is 2.91. The average Bonchev–Trinajstić information content (AvgIpc) is 2.55. The lowest BCUT2D eigenvalue weighted by Gasteiger charge is -2.37. The molecule has 0 saturated heterocycles. The fourth-order valence-corrected chi connectivity index (χ4v) is 4.03. The summed E-state index contributed by atoms with van der Waals surface area (Å²) < 4.78 is 68.5. The third-order valence-electron chi connectivity index (χ3n) is 4.51. The van der Waals surface area contributed by atoms with Crippen molar-refractivity contribution in [3.63, 3.8) is 0 Å². The average molecular weight is 394 g/mol. The highest BCUT2D eigenvalue weighted by Gasteiger charge is 2.56. The van der Waals surface area contributed by atoms with Gasteiger partial charge in [0.15, 0.2) is 0 Å². The van der Waals surface area contributed by atoms with Gasteiger partial charge in [0, 0.05) is 17.8 Å². The first-order chi connectivity index (χ1) is 12.4. The Bertz CT molecular complexity index is 1020. The van der Waals surface area contributed by atoms with E-state index in [9.17, 15) is 26.4 Å². The monoisotopic (exact) mass is 394 g/mol. The maximum absolute atomic E-state index is 13.6. The largest absolute Gasteiger partial charge is 0.398 e. The maximum Gasteiger partial charge on any atom is 0.398 e. The highest BCUT2D eigenvalue weighted by Crippen LogP contribution is 2.49. The molecule has 5 nitrogen and oxygen atoms in total. The first kappa shape index (κ1) is 19.3. The van der Waals surface area contributed by atoms with Crippen LogP contribution in [0.1, 0.15) is 18.9 Å². The number of halogens is 3. The van der Waals surface area contributed by atoms with Gasteiger partial charge in [0.25, 0.3) is 10.0 Å². The minimum Gasteiger partial charge on any atom is -0.326 e. The molecule has 27 heavy (non-hydrogen) atoms. The topological polar surface area (TPSA) is 75.3 Å². The second-order valence-corrected chi connectivity index (χ2v) is 8.14. The Balaban J connectivity index is 2.09. The summed E-state index contributed by atoms with van der Waals surface area (Å²) in [5.74, 6) is -0.784. The van der Waals surface area contributed by atoms with Crippen LogP contribution in [0.25, 0.3) is 0 Å². The lowest BCUT2D eigenvalue weighted by atomic mass is 9.75. The van der Waals surface area contributed by atoms with Gasteiger partial charge in [-0.3, -0.25) is 9.52 Å². The summed E-state index contributed by atoms with van der Waals surface area (Å²) in [6.45, 7) is 0.879. The standard InChI is InChI=1S/C17H14BF3N2O3S/c1-16(17(19,20)21)9-15(24)22-13-7-6-10(8-11(13)16)27(25,26)23-14-5-3-2-4-12(14)18/h2-8,23H,9H2,1H3,(H,22,24). The Hall–Kier alpha value is -2.49. The third-order valence-corrected chi connectivity index (χ3v) is 5.88. The second kappa shape index (κ2) is 6.30. The van der Waals surface area contributed by atoms with E-state index in [1.165, 1.54) is 12.1 Å². The Morgan fingerprint density at radius 2 is 1.85 bits per heavy atom. The minimum atomic E-state index is -4.74. The van der Waals surface area contributed by atoms with E-state index >= 15 is 0 Å². The number of carbonyl (C=O) groups excluding carboxylic acids is 1. The highest BCUT2D eigenvalue weighted by molar-refractivity contribution is 7.92. The van der Waals surface area contributed by atoms with Crippen molar-refractivity contribution in [3.05, 3.63) is 48.0 Å². The summed E-state index contributed by atoms with van der Waals surface area (Å²) in [7, 11) is 1.52. The normalized spacial score (nSPS) is 19.9. The van der Waals surface area contributed by atoms with Crippen molar-refractivity contribution in [2.75, 3.05) is 10.0 Å². The molecule has 2 radical (unpaired) electrons. The minimum absolute atomic E-state index is 0.0655. The molecular formula is C17H14BF3N2O3S. The first-order valence-corrected chi connectivity index (χ1v) is 9.31. The Morgan fingerprint density at radius 3 is 2.48 bits per heavy atom. The molecule has 0 saturated carbocycles. The molecular weight excluding hydrogens is 380 g/mol. The first-order valence-electron chi connectivity index (χ1n) is 7.82. The number of para-hydroxylation sites is 1. The number of alkyl halides is 3. The molecule has 3 rings (SSSR count). The van der Waals surface area contributed by atoms with Crippen LogP contribution in [0.5, 0.6) is 0 Å². The van der Waals surface area contributed by atoms with E-state index in [-0.39, 0.29) is 27.3 Å². The number of hydrogen-bond acceptors (Lipinski definition) is 3. The Kier molecular flexibility index (Phi) is 4.50. The quantitative estimate of drug-likeness (QED) is 0.786. The molecule has 0 bridgehead atoms. The van der Waals surface area contributed by atoms with E-state index < -0.39 is 33.9 Å². The van der Waals surface area contributed by atoms with Gasteiger partial charge in [0.1, 0.15) is 7.85 Å². The number of nitrogens with one attached hydrogen (secondary N) is 2. The molecule has 1 atom stereocenters. The van der Waals surface area contributed by atoms with Gasteiger partial charge >= 0.3 is 6.18 Å². The van der Waals surface area contributed by atoms with E-state index in [1.807, 2.05) is 0 Å². The molecule has 0 aliphatic carbocycles. The van der Waals surface area contributed by atoms with E-state index in [1.54, 1.807) is 12.1 Å². The summed E-state index contributed by atoms with van der Waals surface area (Å²) in [6.07, 6.45) is -5.56. The van der Waals surface area contributed by atoms with Gasteiger partial charge in [-0.15, -0.1) is 0 Å². The van der Waals surface area contributed by atoms with Crippen LogP contribution in [-0.4, -0.2) is 28.3 Å². The summed E-state index contributed by atoms with van der Waals surface area (Å²) in [6, 6.07) is 9.32. The van der Waals surface area contributed by atoms with Crippen LogP contribution >= 0.6 is 0 Å². The van der Waals surface area contributed by atoms with Gasteiger partial charge < -0.3 is 5.32 Å². The van der Waals surface area contributed by atoms with Crippen LogP contribution in [0.4, 0.5) is 24.5 Å². The molecule has 0 spiro atoms. The summed E-state index contributed by atoms with van der Waals surface area (Å²) in [5.41, 5.74) is -2.58. The molecule has 0 fully saturated rings. The fraction of sp³-hybridized carbons (Fsp3) is 0.235. The molecule has 2 aromatic rings.